The minimum absolute atomic E-state index is 0.0986. The lowest BCUT2D eigenvalue weighted by atomic mass is 10.2. The summed E-state index contributed by atoms with van der Waals surface area (Å²) in [6.07, 6.45) is 0.0986. The van der Waals surface area contributed by atoms with Gasteiger partial charge in [-0.2, -0.15) is 0 Å². The standard InChI is InChI=1S/C11H12N2O3/c1-7(2)15-9-5-3-4-8(6-9)10-12-13-11(14)16-10/h3-7H,1-2H3,(H,13,14). The zero-order chi connectivity index (χ0) is 11.5. The van der Waals surface area contributed by atoms with Crippen LogP contribution in [-0.2, 0) is 0 Å². The lowest BCUT2D eigenvalue weighted by Crippen LogP contribution is -2.05. The molecule has 0 unspecified atom stereocenters. The molecule has 1 aromatic heterocycles. The minimum atomic E-state index is -0.565. The van der Waals surface area contributed by atoms with Gasteiger partial charge >= 0.3 is 5.76 Å². The fourth-order valence-corrected chi connectivity index (χ4v) is 1.33. The molecule has 0 aliphatic heterocycles. The van der Waals surface area contributed by atoms with Gasteiger partial charge in [0.05, 0.1) is 6.10 Å². The van der Waals surface area contributed by atoms with Crippen LogP contribution in [0.4, 0.5) is 0 Å². The van der Waals surface area contributed by atoms with Gasteiger partial charge in [0.25, 0.3) is 0 Å². The zero-order valence-electron chi connectivity index (χ0n) is 9.06. The average Bonchev–Trinajstić information content (AvgIpc) is 2.64. The van der Waals surface area contributed by atoms with Crippen molar-refractivity contribution in [2.75, 3.05) is 0 Å². The molecule has 5 heteroatoms. The molecule has 84 valence electrons. The van der Waals surface area contributed by atoms with Crippen LogP contribution in [0.3, 0.4) is 0 Å². The van der Waals surface area contributed by atoms with Crippen LogP contribution in [0.5, 0.6) is 5.75 Å². The Kier molecular flexibility index (Phi) is 2.76. The second kappa shape index (κ2) is 4.22. The van der Waals surface area contributed by atoms with Crippen molar-refractivity contribution in [2.24, 2.45) is 0 Å². The summed E-state index contributed by atoms with van der Waals surface area (Å²) >= 11 is 0. The van der Waals surface area contributed by atoms with E-state index in [1.807, 2.05) is 26.0 Å². The van der Waals surface area contributed by atoms with Crippen LogP contribution in [-0.4, -0.2) is 16.3 Å². The minimum Gasteiger partial charge on any atom is -0.491 e. The molecule has 0 aliphatic carbocycles. The molecule has 1 heterocycles. The molecule has 0 bridgehead atoms. The molecule has 5 nitrogen and oxygen atoms in total. The van der Waals surface area contributed by atoms with E-state index >= 15 is 0 Å². The number of H-pyrrole nitrogens is 1. The summed E-state index contributed by atoms with van der Waals surface area (Å²) in [7, 11) is 0. The Morgan fingerprint density at radius 2 is 2.25 bits per heavy atom. The molecule has 0 saturated heterocycles. The van der Waals surface area contributed by atoms with Gasteiger partial charge in [-0.15, -0.1) is 5.10 Å². The van der Waals surface area contributed by atoms with Gasteiger partial charge in [-0.05, 0) is 32.0 Å². The van der Waals surface area contributed by atoms with Crippen molar-refractivity contribution >= 4 is 0 Å². The van der Waals surface area contributed by atoms with Gasteiger partial charge in [-0.1, -0.05) is 6.07 Å². The third-order valence-corrected chi connectivity index (χ3v) is 1.89. The SMILES string of the molecule is CC(C)Oc1cccc(-c2n[nH]c(=O)o2)c1. The molecule has 1 aromatic carbocycles. The van der Waals surface area contributed by atoms with Crippen LogP contribution >= 0.6 is 0 Å². The lowest BCUT2D eigenvalue weighted by molar-refractivity contribution is 0.242. The predicted octanol–water partition coefficient (Wildman–Crippen LogP) is 1.82. The Labute approximate surface area is 92.1 Å². The summed E-state index contributed by atoms with van der Waals surface area (Å²) in [5, 5.41) is 5.96. The topological polar surface area (TPSA) is 68.1 Å². The normalized spacial score (nSPS) is 10.7. The number of benzene rings is 1. The first-order valence-corrected chi connectivity index (χ1v) is 4.98. The van der Waals surface area contributed by atoms with Gasteiger partial charge in [-0.3, -0.25) is 0 Å². The molecule has 0 fully saturated rings. The number of hydrogen-bond acceptors (Lipinski definition) is 4. The van der Waals surface area contributed by atoms with Gasteiger partial charge in [0.15, 0.2) is 0 Å². The Morgan fingerprint density at radius 3 is 2.88 bits per heavy atom. The van der Waals surface area contributed by atoms with Crippen LogP contribution in [0.25, 0.3) is 11.5 Å². The van der Waals surface area contributed by atoms with Gasteiger partial charge in [0.1, 0.15) is 5.75 Å². The Bertz CT molecular complexity index is 528. The first-order valence-electron chi connectivity index (χ1n) is 4.98. The average molecular weight is 220 g/mol. The van der Waals surface area contributed by atoms with E-state index in [-0.39, 0.29) is 12.0 Å². The first-order chi connectivity index (χ1) is 7.65. The highest BCUT2D eigenvalue weighted by atomic mass is 16.5. The number of rotatable bonds is 3. The Hall–Kier alpha value is -2.04. The number of aromatic nitrogens is 2. The lowest BCUT2D eigenvalue weighted by Gasteiger charge is -2.09. The smallest absolute Gasteiger partial charge is 0.434 e. The zero-order valence-corrected chi connectivity index (χ0v) is 9.06. The second-order valence-electron chi connectivity index (χ2n) is 3.61. The Balaban J connectivity index is 2.32. The maximum Gasteiger partial charge on any atom is 0.434 e. The maximum atomic E-state index is 10.8. The summed E-state index contributed by atoms with van der Waals surface area (Å²) in [5.74, 6) is 0.419. The summed E-state index contributed by atoms with van der Waals surface area (Å²) < 4.78 is 10.4. The molecule has 1 N–H and O–H groups in total. The van der Waals surface area contributed by atoms with E-state index in [1.165, 1.54) is 0 Å². The van der Waals surface area contributed by atoms with Gasteiger partial charge < -0.3 is 9.15 Å². The molecule has 0 aliphatic rings. The highest BCUT2D eigenvalue weighted by Crippen LogP contribution is 2.21. The molecular formula is C11H12N2O3. The summed E-state index contributed by atoms with van der Waals surface area (Å²) in [4.78, 5) is 10.8. The Morgan fingerprint density at radius 1 is 1.44 bits per heavy atom. The molecule has 0 atom stereocenters. The van der Waals surface area contributed by atoms with Crippen LogP contribution in [0.15, 0.2) is 33.5 Å². The van der Waals surface area contributed by atoms with Gasteiger partial charge in [0.2, 0.25) is 5.89 Å². The predicted molar refractivity (Wildman–Crippen MR) is 58.3 cm³/mol. The van der Waals surface area contributed by atoms with Crippen molar-refractivity contribution < 1.29 is 9.15 Å². The van der Waals surface area contributed by atoms with E-state index < -0.39 is 5.76 Å². The number of aromatic amines is 1. The second-order valence-corrected chi connectivity index (χ2v) is 3.61. The molecule has 2 aromatic rings. The molecular weight excluding hydrogens is 208 g/mol. The third kappa shape index (κ3) is 2.31. The van der Waals surface area contributed by atoms with Crippen molar-refractivity contribution in [3.8, 4) is 17.2 Å². The van der Waals surface area contributed by atoms with Crippen LogP contribution in [0.1, 0.15) is 13.8 Å². The summed E-state index contributed by atoms with van der Waals surface area (Å²) in [6.45, 7) is 3.89. The van der Waals surface area contributed by atoms with Crippen molar-refractivity contribution in [3.63, 3.8) is 0 Å². The highest BCUT2D eigenvalue weighted by Gasteiger charge is 2.06. The van der Waals surface area contributed by atoms with Crippen LogP contribution in [0, 0.1) is 0 Å². The van der Waals surface area contributed by atoms with E-state index in [1.54, 1.807) is 12.1 Å². The van der Waals surface area contributed by atoms with Crippen molar-refractivity contribution in [2.45, 2.75) is 20.0 Å². The molecule has 16 heavy (non-hydrogen) atoms. The maximum absolute atomic E-state index is 10.8. The molecule has 0 amide bonds. The summed E-state index contributed by atoms with van der Waals surface area (Å²) in [6, 6.07) is 7.24. The monoisotopic (exact) mass is 220 g/mol. The van der Waals surface area contributed by atoms with E-state index in [9.17, 15) is 4.79 Å². The largest absolute Gasteiger partial charge is 0.491 e. The van der Waals surface area contributed by atoms with Crippen molar-refractivity contribution in [3.05, 3.63) is 34.8 Å². The molecule has 0 spiro atoms. The van der Waals surface area contributed by atoms with Crippen molar-refractivity contribution in [1.29, 1.82) is 0 Å². The van der Waals surface area contributed by atoms with E-state index in [0.29, 0.717) is 5.56 Å². The third-order valence-electron chi connectivity index (χ3n) is 1.89. The van der Waals surface area contributed by atoms with Gasteiger partial charge in [0, 0.05) is 5.56 Å². The number of ether oxygens (including phenoxy) is 1. The van der Waals surface area contributed by atoms with Crippen molar-refractivity contribution in [1.82, 2.24) is 10.2 Å². The molecule has 0 saturated carbocycles. The number of nitrogens with zero attached hydrogens (tertiary/aromatic N) is 1. The fraction of sp³-hybridized carbons (Fsp3) is 0.273. The van der Waals surface area contributed by atoms with E-state index in [0.717, 1.165) is 5.75 Å². The molecule has 0 radical (unpaired) electrons. The first kappa shape index (κ1) is 10.5. The van der Waals surface area contributed by atoms with E-state index in [2.05, 4.69) is 10.2 Å². The van der Waals surface area contributed by atoms with Crippen LogP contribution < -0.4 is 10.5 Å². The number of hydrogen-bond donors (Lipinski definition) is 1. The molecule has 2 rings (SSSR count). The number of nitrogens with one attached hydrogen (secondary N) is 1. The van der Waals surface area contributed by atoms with Crippen LogP contribution in [0.2, 0.25) is 0 Å². The highest BCUT2D eigenvalue weighted by molar-refractivity contribution is 5.55. The van der Waals surface area contributed by atoms with Gasteiger partial charge in [-0.25, -0.2) is 9.89 Å². The fourth-order valence-electron chi connectivity index (χ4n) is 1.33. The summed E-state index contributed by atoms with van der Waals surface area (Å²) in [5.41, 5.74) is 0.705. The van der Waals surface area contributed by atoms with E-state index in [4.69, 9.17) is 9.15 Å². The quantitative estimate of drug-likeness (QED) is 0.856.